The van der Waals surface area contributed by atoms with Gasteiger partial charge in [0.1, 0.15) is 5.82 Å². The van der Waals surface area contributed by atoms with Crippen molar-refractivity contribution in [1.29, 1.82) is 0 Å². The largest absolute Gasteiger partial charge is 0.488 e. The standard InChI is InChI=1S/C12H8ClN3O4/c13-8-3-1-2-7(6-8)4-5-9-14-11(17)10(16(19)20)12(18)15-9/h1-6H,(H2,14,15,17,18). The maximum absolute atomic E-state index is 11.4. The van der Waals surface area contributed by atoms with Crippen molar-refractivity contribution >= 4 is 29.4 Å². The summed E-state index contributed by atoms with van der Waals surface area (Å²) in [7, 11) is 0. The van der Waals surface area contributed by atoms with Gasteiger partial charge in [0.15, 0.2) is 0 Å². The van der Waals surface area contributed by atoms with Gasteiger partial charge < -0.3 is 10.1 Å². The number of hydrogen-bond donors (Lipinski definition) is 2. The van der Waals surface area contributed by atoms with Gasteiger partial charge in [-0.25, -0.2) is 0 Å². The van der Waals surface area contributed by atoms with Crippen molar-refractivity contribution in [3.63, 3.8) is 0 Å². The summed E-state index contributed by atoms with van der Waals surface area (Å²) < 4.78 is 0. The maximum Gasteiger partial charge on any atom is 0.395 e. The third-order valence-corrected chi connectivity index (χ3v) is 2.59. The van der Waals surface area contributed by atoms with Crippen LogP contribution in [-0.2, 0) is 0 Å². The third-order valence-electron chi connectivity index (χ3n) is 2.36. The van der Waals surface area contributed by atoms with Crippen LogP contribution in [0.25, 0.3) is 12.2 Å². The predicted molar refractivity (Wildman–Crippen MR) is 73.6 cm³/mol. The molecule has 0 amide bonds. The Morgan fingerprint density at radius 2 is 2.15 bits per heavy atom. The van der Waals surface area contributed by atoms with Crippen LogP contribution < -0.4 is 5.56 Å². The van der Waals surface area contributed by atoms with Gasteiger partial charge in [0, 0.05) is 5.02 Å². The molecule has 0 bridgehead atoms. The van der Waals surface area contributed by atoms with Gasteiger partial charge in [-0.3, -0.25) is 14.9 Å². The summed E-state index contributed by atoms with van der Waals surface area (Å²) in [5.74, 6) is -0.928. The third kappa shape index (κ3) is 3.01. The van der Waals surface area contributed by atoms with E-state index >= 15 is 0 Å². The van der Waals surface area contributed by atoms with Crippen molar-refractivity contribution in [2.45, 2.75) is 0 Å². The van der Waals surface area contributed by atoms with Gasteiger partial charge in [0.25, 0.3) is 5.88 Å². The Kier molecular flexibility index (Phi) is 3.81. The minimum atomic E-state index is -1.02. The second kappa shape index (κ2) is 5.54. The van der Waals surface area contributed by atoms with Crippen LogP contribution >= 0.6 is 11.6 Å². The molecule has 0 saturated heterocycles. The summed E-state index contributed by atoms with van der Waals surface area (Å²) in [6, 6.07) is 6.90. The lowest BCUT2D eigenvalue weighted by Gasteiger charge is -1.97. The normalized spacial score (nSPS) is 10.8. The highest BCUT2D eigenvalue weighted by molar-refractivity contribution is 6.30. The first-order chi connectivity index (χ1) is 9.47. The molecule has 0 aliphatic carbocycles. The molecular formula is C12H8ClN3O4. The van der Waals surface area contributed by atoms with Crippen LogP contribution in [0.3, 0.4) is 0 Å². The van der Waals surface area contributed by atoms with Crippen LogP contribution in [-0.4, -0.2) is 20.0 Å². The zero-order valence-electron chi connectivity index (χ0n) is 9.91. The van der Waals surface area contributed by atoms with Crippen LogP contribution in [0.4, 0.5) is 5.69 Å². The molecule has 8 heteroatoms. The van der Waals surface area contributed by atoms with Crippen molar-refractivity contribution < 1.29 is 10.0 Å². The van der Waals surface area contributed by atoms with Gasteiger partial charge in [-0.15, -0.1) is 0 Å². The molecule has 1 aromatic carbocycles. The molecule has 0 saturated carbocycles. The molecule has 20 heavy (non-hydrogen) atoms. The van der Waals surface area contributed by atoms with Crippen molar-refractivity contribution in [1.82, 2.24) is 9.97 Å². The van der Waals surface area contributed by atoms with Crippen molar-refractivity contribution in [3.05, 3.63) is 61.1 Å². The number of aromatic amines is 1. The van der Waals surface area contributed by atoms with Crippen molar-refractivity contribution in [2.75, 3.05) is 0 Å². The van der Waals surface area contributed by atoms with Gasteiger partial charge >= 0.3 is 11.2 Å². The summed E-state index contributed by atoms with van der Waals surface area (Å²) in [5, 5.41) is 20.4. The molecule has 0 aliphatic heterocycles. The number of hydrogen-bond acceptors (Lipinski definition) is 5. The van der Waals surface area contributed by atoms with Crippen LogP contribution in [0.5, 0.6) is 5.88 Å². The number of nitrogens with one attached hydrogen (secondary N) is 1. The Labute approximate surface area is 117 Å². The minimum Gasteiger partial charge on any atom is -0.488 e. The summed E-state index contributed by atoms with van der Waals surface area (Å²) in [5.41, 5.74) is -1.25. The van der Waals surface area contributed by atoms with E-state index in [1.54, 1.807) is 30.3 Å². The van der Waals surface area contributed by atoms with E-state index in [4.69, 9.17) is 11.6 Å². The Balaban J connectivity index is 2.36. The molecule has 2 rings (SSSR count). The molecule has 0 unspecified atom stereocenters. The first-order valence-electron chi connectivity index (χ1n) is 5.38. The summed E-state index contributed by atoms with van der Waals surface area (Å²) in [4.78, 5) is 26.7. The topological polar surface area (TPSA) is 109 Å². The minimum absolute atomic E-state index is 0.00178. The highest BCUT2D eigenvalue weighted by Crippen LogP contribution is 2.18. The zero-order valence-corrected chi connectivity index (χ0v) is 10.7. The molecule has 2 N–H and O–H groups in total. The van der Waals surface area contributed by atoms with Gasteiger partial charge in [-0.2, -0.15) is 4.98 Å². The molecule has 102 valence electrons. The molecule has 0 fully saturated rings. The fraction of sp³-hybridized carbons (Fsp3) is 0. The Morgan fingerprint density at radius 3 is 2.75 bits per heavy atom. The quantitative estimate of drug-likeness (QED) is 0.666. The van der Waals surface area contributed by atoms with E-state index in [1.807, 2.05) is 0 Å². The number of rotatable bonds is 3. The molecule has 0 radical (unpaired) electrons. The van der Waals surface area contributed by atoms with Gasteiger partial charge in [-0.05, 0) is 23.8 Å². The lowest BCUT2D eigenvalue weighted by Crippen LogP contribution is -2.14. The molecular weight excluding hydrogens is 286 g/mol. The fourth-order valence-electron chi connectivity index (χ4n) is 1.50. The number of H-pyrrole nitrogens is 1. The van der Waals surface area contributed by atoms with Crippen molar-refractivity contribution in [3.8, 4) is 5.88 Å². The second-order valence-corrected chi connectivity index (χ2v) is 4.21. The number of nitro groups is 1. The molecule has 0 atom stereocenters. The highest BCUT2D eigenvalue weighted by Gasteiger charge is 2.21. The van der Waals surface area contributed by atoms with Gasteiger partial charge in [0.2, 0.25) is 0 Å². The average Bonchev–Trinajstić information content (AvgIpc) is 2.35. The van der Waals surface area contributed by atoms with Gasteiger partial charge in [-0.1, -0.05) is 29.8 Å². The van der Waals surface area contributed by atoms with Crippen molar-refractivity contribution in [2.24, 2.45) is 0 Å². The zero-order chi connectivity index (χ0) is 14.7. The first kappa shape index (κ1) is 13.8. The van der Waals surface area contributed by atoms with E-state index in [1.165, 1.54) is 6.08 Å². The van der Waals surface area contributed by atoms with Crippen LogP contribution in [0.1, 0.15) is 11.4 Å². The van der Waals surface area contributed by atoms with E-state index in [-0.39, 0.29) is 5.82 Å². The maximum atomic E-state index is 11.4. The van der Waals surface area contributed by atoms with Gasteiger partial charge in [0.05, 0.1) is 4.92 Å². The highest BCUT2D eigenvalue weighted by atomic mass is 35.5. The van der Waals surface area contributed by atoms with Crippen LogP contribution in [0, 0.1) is 10.1 Å². The fourth-order valence-corrected chi connectivity index (χ4v) is 1.70. The number of aromatic nitrogens is 2. The number of aromatic hydroxyl groups is 1. The smallest absolute Gasteiger partial charge is 0.395 e. The molecule has 2 aromatic rings. The first-order valence-corrected chi connectivity index (χ1v) is 5.76. The number of benzene rings is 1. The summed E-state index contributed by atoms with van der Waals surface area (Å²) in [6.45, 7) is 0. The van der Waals surface area contributed by atoms with E-state index in [0.717, 1.165) is 5.56 Å². The van der Waals surface area contributed by atoms with E-state index < -0.39 is 22.0 Å². The molecule has 0 aliphatic rings. The van der Waals surface area contributed by atoms with Crippen LogP contribution in [0.15, 0.2) is 29.1 Å². The summed E-state index contributed by atoms with van der Waals surface area (Å²) in [6.07, 6.45) is 2.99. The second-order valence-electron chi connectivity index (χ2n) is 3.77. The lowest BCUT2D eigenvalue weighted by atomic mass is 10.2. The van der Waals surface area contributed by atoms with Crippen LogP contribution in [0.2, 0.25) is 5.02 Å². The Hall–Kier alpha value is -2.67. The van der Waals surface area contributed by atoms with E-state index in [0.29, 0.717) is 5.02 Å². The number of nitrogens with zero attached hydrogens (tertiary/aromatic N) is 2. The molecule has 1 aromatic heterocycles. The summed E-state index contributed by atoms with van der Waals surface area (Å²) >= 11 is 5.81. The SMILES string of the molecule is O=c1[nH]c(C=Cc2cccc(Cl)c2)nc(O)c1[N+](=O)[O-]. The lowest BCUT2D eigenvalue weighted by molar-refractivity contribution is -0.387. The monoisotopic (exact) mass is 293 g/mol. The Morgan fingerprint density at radius 1 is 1.40 bits per heavy atom. The average molecular weight is 294 g/mol. The predicted octanol–water partition coefficient (Wildman–Crippen LogP) is 2.21. The molecule has 1 heterocycles. The number of halogens is 1. The van der Waals surface area contributed by atoms with E-state index in [2.05, 4.69) is 9.97 Å². The molecule has 7 nitrogen and oxygen atoms in total. The molecule has 0 spiro atoms. The Bertz CT molecular complexity index is 755. The van der Waals surface area contributed by atoms with E-state index in [9.17, 15) is 20.0 Å².